The number of hydrogen-bond donors (Lipinski definition) is 1. The van der Waals surface area contributed by atoms with E-state index < -0.39 is 0 Å². The molecule has 2 rings (SSSR count). The molecule has 0 aliphatic rings. The summed E-state index contributed by atoms with van der Waals surface area (Å²) in [5, 5.41) is 0. The van der Waals surface area contributed by atoms with Crippen LogP contribution in [0.4, 0.5) is 5.69 Å². The van der Waals surface area contributed by atoms with Crippen LogP contribution >= 0.6 is 0 Å². The molecular formula is C15H17NO. The van der Waals surface area contributed by atoms with Gasteiger partial charge in [-0.3, -0.25) is 0 Å². The summed E-state index contributed by atoms with van der Waals surface area (Å²) in [5.41, 5.74) is 8.90. The van der Waals surface area contributed by atoms with Crippen LogP contribution < -0.4 is 10.5 Å². The molecule has 0 unspecified atom stereocenters. The van der Waals surface area contributed by atoms with E-state index in [1.165, 1.54) is 11.1 Å². The van der Waals surface area contributed by atoms with Crippen LogP contribution in [0.15, 0.2) is 48.5 Å². The molecule has 0 saturated carbocycles. The topological polar surface area (TPSA) is 35.2 Å². The van der Waals surface area contributed by atoms with E-state index in [0.29, 0.717) is 6.61 Å². The monoisotopic (exact) mass is 227 g/mol. The number of nitrogen functional groups attached to an aromatic ring is 1. The van der Waals surface area contributed by atoms with E-state index in [-0.39, 0.29) is 0 Å². The highest BCUT2D eigenvalue weighted by Gasteiger charge is 1.98. The molecule has 0 aliphatic carbocycles. The number of hydrogen-bond acceptors (Lipinski definition) is 2. The molecule has 0 saturated heterocycles. The van der Waals surface area contributed by atoms with Gasteiger partial charge in [-0.05, 0) is 36.2 Å². The van der Waals surface area contributed by atoms with E-state index in [2.05, 4.69) is 19.1 Å². The zero-order valence-electron chi connectivity index (χ0n) is 10.0. The lowest BCUT2D eigenvalue weighted by Gasteiger charge is -2.08. The lowest BCUT2D eigenvalue weighted by Crippen LogP contribution is -2.02. The van der Waals surface area contributed by atoms with Crippen LogP contribution in [0, 0.1) is 6.92 Å². The van der Waals surface area contributed by atoms with E-state index in [1.807, 2.05) is 36.4 Å². The molecule has 2 aromatic rings. The van der Waals surface area contributed by atoms with E-state index in [1.54, 1.807) is 0 Å². The molecular weight excluding hydrogens is 210 g/mol. The third kappa shape index (κ3) is 3.25. The van der Waals surface area contributed by atoms with Crippen LogP contribution in [0.1, 0.15) is 11.1 Å². The van der Waals surface area contributed by atoms with E-state index in [4.69, 9.17) is 10.5 Å². The number of rotatable bonds is 4. The van der Waals surface area contributed by atoms with Gasteiger partial charge in [0.05, 0.1) is 6.61 Å². The molecule has 0 bridgehead atoms. The van der Waals surface area contributed by atoms with E-state index in [9.17, 15) is 0 Å². The molecule has 0 radical (unpaired) electrons. The van der Waals surface area contributed by atoms with Gasteiger partial charge < -0.3 is 10.5 Å². The molecule has 0 fully saturated rings. The number of nitrogens with two attached hydrogens (primary N) is 1. The van der Waals surface area contributed by atoms with Gasteiger partial charge in [0.2, 0.25) is 0 Å². The van der Waals surface area contributed by atoms with Gasteiger partial charge in [-0.2, -0.15) is 0 Å². The summed E-state index contributed by atoms with van der Waals surface area (Å²) in [6.45, 7) is 2.73. The van der Waals surface area contributed by atoms with Crippen LogP contribution in [-0.2, 0) is 6.42 Å². The second-order valence-electron chi connectivity index (χ2n) is 4.11. The summed E-state index contributed by atoms with van der Waals surface area (Å²) >= 11 is 0. The minimum atomic E-state index is 0.675. The molecule has 0 aliphatic heterocycles. The number of anilines is 1. The summed E-state index contributed by atoms with van der Waals surface area (Å²) in [6.07, 6.45) is 0.874. The van der Waals surface area contributed by atoms with Crippen LogP contribution in [0.3, 0.4) is 0 Å². The van der Waals surface area contributed by atoms with Crippen LogP contribution in [0.25, 0.3) is 0 Å². The van der Waals surface area contributed by atoms with Crippen molar-refractivity contribution in [3.63, 3.8) is 0 Å². The third-order valence-electron chi connectivity index (χ3n) is 2.69. The van der Waals surface area contributed by atoms with Crippen LogP contribution in [0.2, 0.25) is 0 Å². The van der Waals surface area contributed by atoms with E-state index >= 15 is 0 Å². The Bertz CT molecular complexity index is 494. The first kappa shape index (κ1) is 11.5. The molecule has 17 heavy (non-hydrogen) atoms. The first-order chi connectivity index (χ1) is 8.25. The molecule has 0 aromatic heterocycles. The van der Waals surface area contributed by atoms with Crippen molar-refractivity contribution in [1.29, 1.82) is 0 Å². The van der Waals surface area contributed by atoms with Crippen molar-refractivity contribution >= 4 is 5.69 Å². The van der Waals surface area contributed by atoms with Crippen molar-refractivity contribution in [1.82, 2.24) is 0 Å². The average Bonchev–Trinajstić information content (AvgIpc) is 2.32. The predicted octanol–water partition coefficient (Wildman–Crippen LogP) is 3.20. The Morgan fingerprint density at radius 3 is 2.65 bits per heavy atom. The Kier molecular flexibility index (Phi) is 3.66. The van der Waals surface area contributed by atoms with Crippen molar-refractivity contribution in [2.45, 2.75) is 13.3 Å². The molecule has 2 nitrogen and oxygen atoms in total. The maximum atomic E-state index is 5.74. The third-order valence-corrected chi connectivity index (χ3v) is 2.69. The zero-order chi connectivity index (χ0) is 12.1. The fourth-order valence-corrected chi connectivity index (χ4v) is 1.75. The summed E-state index contributed by atoms with van der Waals surface area (Å²) < 4.78 is 5.74. The van der Waals surface area contributed by atoms with Crippen molar-refractivity contribution in [3.05, 3.63) is 59.7 Å². The summed E-state index contributed by atoms with van der Waals surface area (Å²) in [5.74, 6) is 0.955. The van der Waals surface area contributed by atoms with Crippen molar-refractivity contribution in [2.24, 2.45) is 0 Å². The Balaban J connectivity index is 1.90. The Morgan fingerprint density at radius 1 is 1.06 bits per heavy atom. The molecule has 2 aromatic carbocycles. The number of benzene rings is 2. The molecule has 2 N–H and O–H groups in total. The second-order valence-corrected chi connectivity index (χ2v) is 4.11. The highest BCUT2D eigenvalue weighted by molar-refractivity contribution is 5.40. The summed E-state index contributed by atoms with van der Waals surface area (Å²) in [7, 11) is 0. The maximum Gasteiger partial charge on any atom is 0.122 e. The Morgan fingerprint density at radius 2 is 1.88 bits per heavy atom. The quantitative estimate of drug-likeness (QED) is 0.814. The van der Waals surface area contributed by atoms with Gasteiger partial charge in [-0.25, -0.2) is 0 Å². The molecule has 88 valence electrons. The van der Waals surface area contributed by atoms with Crippen LogP contribution in [-0.4, -0.2) is 6.61 Å². The van der Waals surface area contributed by atoms with E-state index in [0.717, 1.165) is 17.9 Å². The molecule has 0 amide bonds. The van der Waals surface area contributed by atoms with Crippen molar-refractivity contribution in [2.75, 3.05) is 12.3 Å². The predicted molar refractivity (Wildman–Crippen MR) is 71.2 cm³/mol. The summed E-state index contributed by atoms with van der Waals surface area (Å²) in [4.78, 5) is 0. The fraction of sp³-hybridized carbons (Fsp3) is 0.200. The smallest absolute Gasteiger partial charge is 0.122 e. The van der Waals surface area contributed by atoms with Gasteiger partial charge in [0.25, 0.3) is 0 Å². The summed E-state index contributed by atoms with van der Waals surface area (Å²) in [6, 6.07) is 16.0. The first-order valence-electron chi connectivity index (χ1n) is 5.78. The molecule has 2 heteroatoms. The number of para-hydroxylation sites is 1. The Labute approximate surface area is 102 Å². The van der Waals surface area contributed by atoms with Crippen LogP contribution in [0.5, 0.6) is 5.75 Å². The molecule has 0 atom stereocenters. The zero-order valence-corrected chi connectivity index (χ0v) is 10.0. The minimum Gasteiger partial charge on any atom is -0.493 e. The highest BCUT2D eigenvalue weighted by Crippen LogP contribution is 2.16. The standard InChI is InChI=1S/C15H17NO/c1-12-5-2-3-8-15(12)17-10-9-13-6-4-7-14(16)11-13/h2-8,11H,9-10,16H2,1H3. The fourth-order valence-electron chi connectivity index (χ4n) is 1.75. The molecule has 0 spiro atoms. The lowest BCUT2D eigenvalue weighted by atomic mass is 10.1. The second kappa shape index (κ2) is 5.39. The van der Waals surface area contributed by atoms with Gasteiger partial charge >= 0.3 is 0 Å². The van der Waals surface area contributed by atoms with Gasteiger partial charge in [0.15, 0.2) is 0 Å². The van der Waals surface area contributed by atoms with Crippen molar-refractivity contribution < 1.29 is 4.74 Å². The Hall–Kier alpha value is -1.96. The first-order valence-corrected chi connectivity index (χ1v) is 5.78. The SMILES string of the molecule is Cc1ccccc1OCCc1cccc(N)c1. The minimum absolute atomic E-state index is 0.675. The molecule has 0 heterocycles. The highest BCUT2D eigenvalue weighted by atomic mass is 16.5. The normalized spacial score (nSPS) is 10.2. The largest absolute Gasteiger partial charge is 0.493 e. The van der Waals surface area contributed by atoms with Crippen molar-refractivity contribution in [3.8, 4) is 5.75 Å². The maximum absolute atomic E-state index is 5.74. The average molecular weight is 227 g/mol. The van der Waals surface area contributed by atoms with Gasteiger partial charge in [0.1, 0.15) is 5.75 Å². The van der Waals surface area contributed by atoms with Gasteiger partial charge in [-0.15, -0.1) is 0 Å². The van der Waals surface area contributed by atoms with Gasteiger partial charge in [0, 0.05) is 12.1 Å². The number of ether oxygens (including phenoxy) is 1. The number of aryl methyl sites for hydroxylation is 1. The lowest BCUT2D eigenvalue weighted by molar-refractivity contribution is 0.320. The van der Waals surface area contributed by atoms with Gasteiger partial charge in [-0.1, -0.05) is 30.3 Å².